The summed E-state index contributed by atoms with van der Waals surface area (Å²) in [5.74, 6) is 1.56. The maximum atomic E-state index is 8.14. The molecule has 0 unspecified atom stereocenters. The van der Waals surface area contributed by atoms with Crippen molar-refractivity contribution in [1.29, 1.82) is 0 Å². The molecule has 6 aromatic carbocycles. The summed E-state index contributed by atoms with van der Waals surface area (Å²) in [6, 6.07) is 55.8. The van der Waals surface area contributed by atoms with Crippen molar-refractivity contribution < 1.29 is 29.9 Å². The van der Waals surface area contributed by atoms with E-state index in [-0.39, 0.29) is 53.7 Å². The molecule has 0 saturated carbocycles. The number of para-hydroxylation sites is 1. The minimum Gasteiger partial charge on any atom is -0.509 e. The van der Waals surface area contributed by atoms with Gasteiger partial charge in [0.15, 0.2) is 0 Å². The fourth-order valence-electron chi connectivity index (χ4n) is 9.76. The molecule has 1 aliphatic heterocycles. The third kappa shape index (κ3) is 9.45. The molecule has 1 aliphatic rings. The Morgan fingerprint density at radius 3 is 1.68 bits per heavy atom. The summed E-state index contributed by atoms with van der Waals surface area (Å²) in [7, 11) is 0. The first-order valence-corrected chi connectivity index (χ1v) is 23.9. The summed E-state index contributed by atoms with van der Waals surface area (Å²) in [6.45, 7) is 29.8. The van der Waals surface area contributed by atoms with Gasteiger partial charge in [-0.3, -0.25) is 0 Å². The quantitative estimate of drug-likeness (QED) is 0.135. The maximum Gasteiger partial charge on any atom is 0.135 e. The van der Waals surface area contributed by atoms with Crippen molar-refractivity contribution in [2.75, 3.05) is 9.80 Å². The van der Waals surface area contributed by atoms with E-state index in [9.17, 15) is 0 Å². The van der Waals surface area contributed by atoms with Gasteiger partial charge in [-0.15, -0.1) is 53.6 Å². The smallest absolute Gasteiger partial charge is 0.135 e. The zero-order valence-electron chi connectivity index (χ0n) is 45.4. The van der Waals surface area contributed by atoms with Crippen LogP contribution in [0.15, 0.2) is 157 Å². The molecule has 69 heavy (non-hydrogen) atoms. The van der Waals surface area contributed by atoms with Gasteiger partial charge < -0.3 is 19.1 Å². The number of hydrogen-bond acceptors (Lipinski definition) is 4. The molecule has 0 atom stereocenters. The van der Waals surface area contributed by atoms with Crippen LogP contribution >= 0.6 is 0 Å². The van der Waals surface area contributed by atoms with Crippen LogP contribution in [-0.4, -0.2) is 9.55 Å². The fourth-order valence-corrected chi connectivity index (χ4v) is 9.76. The third-order valence-electron chi connectivity index (χ3n) is 13.7. The van der Waals surface area contributed by atoms with Crippen molar-refractivity contribution in [3.8, 4) is 17.3 Å². The topological polar surface area (TPSA) is 33.5 Å². The number of fused-ring (bicyclic) bond motifs is 3. The van der Waals surface area contributed by atoms with E-state index in [1.807, 2.05) is 34.9 Å². The largest absolute Gasteiger partial charge is 0.509 e. The fraction of sp³-hybridized carbons (Fsp3) is 0.302. The zero-order valence-corrected chi connectivity index (χ0v) is 44.7. The van der Waals surface area contributed by atoms with Crippen LogP contribution in [0, 0.1) is 36.5 Å². The maximum absolute atomic E-state index is 8.14. The van der Waals surface area contributed by atoms with Gasteiger partial charge in [-0.2, -0.15) is 6.07 Å². The minimum atomic E-state index is -2.29. The number of aromatic nitrogens is 2. The number of pyridine rings is 1. The molecule has 0 saturated heterocycles. The predicted molar refractivity (Wildman–Crippen MR) is 285 cm³/mol. The average Bonchev–Trinajstić information content (AvgIpc) is 3.90. The molecule has 0 N–H and O–H groups in total. The van der Waals surface area contributed by atoms with Crippen molar-refractivity contribution in [3.05, 3.63) is 209 Å². The molecule has 0 bridgehead atoms. The molecule has 0 fully saturated rings. The molecule has 5 nitrogen and oxygen atoms in total. The van der Waals surface area contributed by atoms with Crippen LogP contribution < -0.4 is 14.5 Å². The number of ether oxygens (including phenoxy) is 1. The van der Waals surface area contributed by atoms with Gasteiger partial charge in [-0.05, 0) is 75.8 Å². The van der Waals surface area contributed by atoms with Crippen molar-refractivity contribution in [2.24, 2.45) is 10.8 Å². The second kappa shape index (κ2) is 18.1. The van der Waals surface area contributed by atoms with Gasteiger partial charge in [0, 0.05) is 87.1 Å². The van der Waals surface area contributed by atoms with E-state index >= 15 is 0 Å². The first-order valence-electron chi connectivity index (χ1n) is 25.4. The van der Waals surface area contributed by atoms with E-state index in [1.165, 1.54) is 33.6 Å². The van der Waals surface area contributed by atoms with Gasteiger partial charge >= 0.3 is 0 Å². The number of anilines is 2. The standard InChI is InChI=1S/C63H67N4O.Pt/c1-42-31-32-64-56(33-42)67-54-28-22-21-27-52(54)53-30-29-50(40-55(53)67)68-51-38-45(59(2,3)4)35-49(39-51)66-41-65(57(60(5,6)7)58(66)61(8,9)10)48-36-46(62(11,12)43-23-17-15-18-24-43)34-47(37-48)63(13,14)44-25-19-16-20-26-44;/h15-38,41H,1-14H3;/q-3;/i1D3;. The Bertz CT molecular complexity index is 3240. The van der Waals surface area contributed by atoms with Crippen LogP contribution in [-0.2, 0) is 37.3 Å². The molecule has 0 radical (unpaired) electrons. The summed E-state index contributed by atoms with van der Waals surface area (Å²) < 4.78 is 33.3. The zero-order chi connectivity index (χ0) is 51.1. The molecule has 9 rings (SSSR count). The summed E-state index contributed by atoms with van der Waals surface area (Å²) in [5.41, 5.74) is 10.9. The molecule has 0 aliphatic carbocycles. The summed E-state index contributed by atoms with van der Waals surface area (Å²) in [5, 5.41) is 1.96. The van der Waals surface area contributed by atoms with Gasteiger partial charge in [-0.25, -0.2) is 4.98 Å². The van der Waals surface area contributed by atoms with Gasteiger partial charge in [0.25, 0.3) is 0 Å². The average molecular weight is 1090 g/mol. The third-order valence-corrected chi connectivity index (χ3v) is 13.7. The van der Waals surface area contributed by atoms with Gasteiger partial charge in [0.2, 0.25) is 0 Å². The van der Waals surface area contributed by atoms with E-state index in [0.717, 1.165) is 38.7 Å². The monoisotopic (exact) mass is 1090 g/mol. The van der Waals surface area contributed by atoms with Crippen molar-refractivity contribution in [3.63, 3.8) is 0 Å². The number of benzene rings is 6. The van der Waals surface area contributed by atoms with Gasteiger partial charge in [0.1, 0.15) is 5.82 Å². The Balaban J connectivity index is 0.00000693. The summed E-state index contributed by atoms with van der Waals surface area (Å²) in [4.78, 5) is 9.45. The summed E-state index contributed by atoms with van der Waals surface area (Å²) in [6.07, 6.45) is 1.56. The molecule has 0 spiro atoms. The number of aryl methyl sites for hydroxylation is 1. The second-order valence-corrected chi connectivity index (χ2v) is 22.6. The molecular weight excluding hydrogens is 1020 g/mol. The first kappa shape index (κ1) is 45.5. The van der Waals surface area contributed by atoms with E-state index in [4.69, 9.17) is 8.85 Å². The molecular formula is C63H67N4OPt-3. The molecule has 2 aromatic heterocycles. The second-order valence-electron chi connectivity index (χ2n) is 22.6. The van der Waals surface area contributed by atoms with E-state index in [2.05, 4.69) is 221 Å². The van der Waals surface area contributed by atoms with Crippen LogP contribution in [0.3, 0.4) is 0 Å². The van der Waals surface area contributed by atoms with Crippen molar-refractivity contribution in [1.82, 2.24) is 9.55 Å². The van der Waals surface area contributed by atoms with Crippen LogP contribution in [0.5, 0.6) is 11.5 Å². The van der Waals surface area contributed by atoms with Crippen LogP contribution in [0.25, 0.3) is 27.6 Å². The Hall–Kier alpha value is -5.90. The number of nitrogens with zero attached hydrogens (tertiary/aromatic N) is 4. The van der Waals surface area contributed by atoms with Crippen molar-refractivity contribution in [2.45, 2.75) is 113 Å². The molecule has 6 heteroatoms. The first-order chi connectivity index (χ1) is 33.2. The van der Waals surface area contributed by atoms with Crippen LogP contribution in [0.2, 0.25) is 0 Å². The molecule has 3 heterocycles. The van der Waals surface area contributed by atoms with Crippen LogP contribution in [0.4, 0.5) is 11.4 Å². The predicted octanol–water partition coefficient (Wildman–Crippen LogP) is 16.6. The van der Waals surface area contributed by atoms with Crippen LogP contribution in [0.1, 0.15) is 128 Å². The minimum absolute atomic E-state index is 0. The molecule has 358 valence electrons. The van der Waals surface area contributed by atoms with Gasteiger partial charge in [-0.1, -0.05) is 180 Å². The normalized spacial score (nSPS) is 14.8. The van der Waals surface area contributed by atoms with E-state index in [0.29, 0.717) is 17.3 Å². The molecule has 0 amide bonds. The number of rotatable bonds is 9. The van der Waals surface area contributed by atoms with E-state index < -0.39 is 6.85 Å². The van der Waals surface area contributed by atoms with Crippen molar-refractivity contribution >= 4 is 33.2 Å². The SMILES string of the molecule is [2H]C([2H])([2H])c1ccnc(-n2c3[c-]c(Oc4[c-]c(N5[CH-]N(c6cc(C(C)(C)c7ccccc7)cc(C(C)(C)c7ccccc7)c6)C(C(C)(C)C)=C5C(C)(C)C)cc(C(C)(C)C)c4)ccc3c3ccccc32)c1.[Pt]. The Labute approximate surface area is 430 Å². The Morgan fingerprint density at radius 2 is 1.10 bits per heavy atom. The Morgan fingerprint density at radius 1 is 0.522 bits per heavy atom. The van der Waals surface area contributed by atoms with E-state index in [1.54, 1.807) is 18.3 Å². The Kier molecular flexibility index (Phi) is 12.0. The summed E-state index contributed by atoms with van der Waals surface area (Å²) >= 11 is 0. The molecule has 8 aromatic rings. The number of allylic oxidation sites excluding steroid dienone is 2. The van der Waals surface area contributed by atoms with Gasteiger partial charge in [0.05, 0.1) is 0 Å². The number of hydrogen-bond donors (Lipinski definition) is 0.